The quantitative estimate of drug-likeness (QED) is 0.543. The summed E-state index contributed by atoms with van der Waals surface area (Å²) in [6, 6.07) is 10.9. The van der Waals surface area contributed by atoms with Crippen LogP contribution in [-0.2, 0) is 14.3 Å². The first-order valence-corrected chi connectivity index (χ1v) is 11.4. The number of fused-ring (bicyclic) bond motifs is 1. The summed E-state index contributed by atoms with van der Waals surface area (Å²) in [7, 11) is 0. The standard InChI is InChI=1S/C21H20FN3O4S2/c22-14-1-4-16(5-2-14)29-12-19(26)23-15-3-6-17-18(11-15)31-21(24-17)30-13-20(27)25-7-9-28-10-8-25/h1-6,11H,7-10,12-13H2,(H,23,26). The zero-order valence-electron chi connectivity index (χ0n) is 16.5. The predicted molar refractivity (Wildman–Crippen MR) is 118 cm³/mol. The molecule has 1 aliphatic rings. The number of ether oxygens (including phenoxy) is 2. The molecule has 162 valence electrons. The summed E-state index contributed by atoms with van der Waals surface area (Å²) in [4.78, 5) is 30.8. The fourth-order valence-electron chi connectivity index (χ4n) is 2.95. The Morgan fingerprint density at radius 3 is 2.74 bits per heavy atom. The van der Waals surface area contributed by atoms with Gasteiger partial charge in [-0.15, -0.1) is 11.3 Å². The van der Waals surface area contributed by atoms with Crippen LogP contribution in [0.5, 0.6) is 5.75 Å². The van der Waals surface area contributed by atoms with E-state index in [-0.39, 0.29) is 24.2 Å². The van der Waals surface area contributed by atoms with E-state index in [0.717, 1.165) is 14.6 Å². The summed E-state index contributed by atoms with van der Waals surface area (Å²) in [6.45, 7) is 2.25. The number of rotatable bonds is 7. The highest BCUT2D eigenvalue weighted by Crippen LogP contribution is 2.31. The van der Waals surface area contributed by atoms with Crippen molar-refractivity contribution in [3.8, 4) is 5.75 Å². The third kappa shape index (κ3) is 5.93. The number of nitrogens with one attached hydrogen (secondary N) is 1. The molecule has 1 aliphatic heterocycles. The maximum atomic E-state index is 12.9. The van der Waals surface area contributed by atoms with Gasteiger partial charge in [0.25, 0.3) is 5.91 Å². The molecule has 0 bridgehead atoms. The van der Waals surface area contributed by atoms with Gasteiger partial charge in [0.05, 0.1) is 29.2 Å². The van der Waals surface area contributed by atoms with Crippen LogP contribution in [0.3, 0.4) is 0 Å². The van der Waals surface area contributed by atoms with Gasteiger partial charge in [-0.1, -0.05) is 11.8 Å². The number of morpholine rings is 1. The molecule has 2 amide bonds. The second kappa shape index (κ2) is 10.1. The Hall–Kier alpha value is -2.69. The molecule has 2 aromatic carbocycles. The van der Waals surface area contributed by atoms with Gasteiger partial charge < -0.3 is 19.7 Å². The van der Waals surface area contributed by atoms with Gasteiger partial charge in [-0.25, -0.2) is 9.37 Å². The van der Waals surface area contributed by atoms with Gasteiger partial charge in [-0.3, -0.25) is 9.59 Å². The van der Waals surface area contributed by atoms with Gasteiger partial charge in [-0.2, -0.15) is 0 Å². The topological polar surface area (TPSA) is 80.8 Å². The van der Waals surface area contributed by atoms with E-state index >= 15 is 0 Å². The third-order valence-electron chi connectivity index (χ3n) is 4.52. The Morgan fingerprint density at radius 2 is 1.97 bits per heavy atom. The van der Waals surface area contributed by atoms with E-state index in [9.17, 15) is 14.0 Å². The molecule has 0 aliphatic carbocycles. The molecule has 0 spiro atoms. The number of anilines is 1. The zero-order chi connectivity index (χ0) is 21.6. The number of nitrogens with zero attached hydrogens (tertiary/aromatic N) is 2. The van der Waals surface area contributed by atoms with Gasteiger partial charge in [0.15, 0.2) is 10.9 Å². The summed E-state index contributed by atoms with van der Waals surface area (Å²) in [5.41, 5.74) is 1.44. The van der Waals surface area contributed by atoms with Crippen LogP contribution in [0, 0.1) is 5.82 Å². The van der Waals surface area contributed by atoms with E-state index in [0.29, 0.717) is 43.5 Å². The summed E-state index contributed by atoms with van der Waals surface area (Å²) < 4.78 is 25.3. The van der Waals surface area contributed by atoms with Crippen LogP contribution in [0.15, 0.2) is 46.8 Å². The van der Waals surface area contributed by atoms with E-state index < -0.39 is 0 Å². The summed E-state index contributed by atoms with van der Waals surface area (Å²) in [5.74, 6) is 0.158. The molecule has 0 radical (unpaired) electrons. The number of hydrogen-bond acceptors (Lipinski definition) is 7. The van der Waals surface area contributed by atoms with Crippen LogP contribution in [0.4, 0.5) is 10.1 Å². The average molecular weight is 462 g/mol. The first kappa shape index (κ1) is 21.5. The van der Waals surface area contributed by atoms with Crippen molar-refractivity contribution in [1.29, 1.82) is 0 Å². The Labute approximate surface area is 186 Å². The molecular formula is C21H20FN3O4S2. The maximum Gasteiger partial charge on any atom is 0.262 e. The van der Waals surface area contributed by atoms with Gasteiger partial charge in [-0.05, 0) is 42.5 Å². The summed E-state index contributed by atoms with van der Waals surface area (Å²) in [5, 5.41) is 2.78. The largest absolute Gasteiger partial charge is 0.484 e. The number of aromatic nitrogens is 1. The number of amides is 2. The van der Waals surface area contributed by atoms with Crippen molar-refractivity contribution in [3.63, 3.8) is 0 Å². The molecule has 1 aromatic heterocycles. The highest BCUT2D eigenvalue weighted by Gasteiger charge is 2.17. The molecule has 0 saturated carbocycles. The fraction of sp³-hybridized carbons (Fsp3) is 0.286. The SMILES string of the molecule is O=C(COc1ccc(F)cc1)Nc1ccc2nc(SCC(=O)N3CCOCC3)sc2c1. The number of carbonyl (C=O) groups excluding carboxylic acids is 2. The second-order valence-corrected chi connectivity index (χ2v) is 8.99. The number of hydrogen-bond donors (Lipinski definition) is 1. The molecule has 1 saturated heterocycles. The lowest BCUT2D eigenvalue weighted by Gasteiger charge is -2.26. The van der Waals surface area contributed by atoms with Crippen molar-refractivity contribution in [1.82, 2.24) is 9.88 Å². The Morgan fingerprint density at radius 1 is 1.19 bits per heavy atom. The first-order valence-electron chi connectivity index (χ1n) is 9.64. The van der Waals surface area contributed by atoms with E-state index in [1.165, 1.54) is 47.4 Å². The van der Waals surface area contributed by atoms with E-state index in [1.807, 2.05) is 17.0 Å². The zero-order valence-corrected chi connectivity index (χ0v) is 18.1. The first-order chi connectivity index (χ1) is 15.1. The molecule has 0 atom stereocenters. The van der Waals surface area contributed by atoms with Crippen LogP contribution >= 0.6 is 23.1 Å². The molecule has 3 aromatic rings. The summed E-state index contributed by atoms with van der Waals surface area (Å²) >= 11 is 2.89. The minimum atomic E-state index is -0.363. The number of benzene rings is 2. The minimum Gasteiger partial charge on any atom is -0.484 e. The van der Waals surface area contributed by atoms with Gasteiger partial charge in [0, 0.05) is 18.8 Å². The Bertz CT molecular complexity index is 1070. The van der Waals surface area contributed by atoms with Crippen molar-refractivity contribution < 1.29 is 23.5 Å². The van der Waals surface area contributed by atoms with Crippen molar-refractivity contribution in [2.45, 2.75) is 4.34 Å². The lowest BCUT2D eigenvalue weighted by atomic mass is 10.3. The number of thioether (sulfide) groups is 1. The molecule has 10 heteroatoms. The van der Waals surface area contributed by atoms with Crippen molar-refractivity contribution >= 4 is 50.8 Å². The highest BCUT2D eigenvalue weighted by atomic mass is 32.2. The van der Waals surface area contributed by atoms with Crippen LogP contribution in [0.2, 0.25) is 0 Å². The highest BCUT2D eigenvalue weighted by molar-refractivity contribution is 8.01. The molecular weight excluding hydrogens is 441 g/mol. The van der Waals surface area contributed by atoms with Crippen LogP contribution < -0.4 is 10.1 Å². The molecule has 7 nitrogen and oxygen atoms in total. The Balaban J connectivity index is 1.31. The normalized spacial score (nSPS) is 13.9. The smallest absolute Gasteiger partial charge is 0.262 e. The van der Waals surface area contributed by atoms with Gasteiger partial charge in [0.2, 0.25) is 5.91 Å². The predicted octanol–water partition coefficient (Wildman–Crippen LogP) is 3.40. The van der Waals surface area contributed by atoms with Crippen molar-refractivity contribution in [2.75, 3.05) is 44.0 Å². The van der Waals surface area contributed by atoms with Crippen LogP contribution in [-0.4, -0.2) is 60.4 Å². The average Bonchev–Trinajstić information content (AvgIpc) is 3.20. The second-order valence-electron chi connectivity index (χ2n) is 6.73. The van der Waals surface area contributed by atoms with E-state index in [1.54, 1.807) is 6.07 Å². The maximum absolute atomic E-state index is 12.9. The minimum absolute atomic E-state index is 0.0849. The lowest BCUT2D eigenvalue weighted by molar-refractivity contribution is -0.132. The number of thiazole rings is 1. The van der Waals surface area contributed by atoms with Gasteiger partial charge >= 0.3 is 0 Å². The number of carbonyl (C=O) groups is 2. The van der Waals surface area contributed by atoms with E-state index in [2.05, 4.69) is 10.3 Å². The molecule has 0 unspecified atom stereocenters. The van der Waals surface area contributed by atoms with Crippen molar-refractivity contribution in [2.24, 2.45) is 0 Å². The van der Waals surface area contributed by atoms with Gasteiger partial charge in [0.1, 0.15) is 11.6 Å². The number of halogens is 1. The summed E-state index contributed by atoms with van der Waals surface area (Å²) in [6.07, 6.45) is 0. The van der Waals surface area contributed by atoms with Crippen LogP contribution in [0.25, 0.3) is 10.2 Å². The molecule has 2 heterocycles. The molecule has 31 heavy (non-hydrogen) atoms. The monoisotopic (exact) mass is 461 g/mol. The molecule has 4 rings (SSSR count). The lowest BCUT2D eigenvalue weighted by Crippen LogP contribution is -2.41. The third-order valence-corrected chi connectivity index (χ3v) is 6.66. The fourth-order valence-corrected chi connectivity index (χ4v) is 4.96. The molecule has 1 fully saturated rings. The van der Waals surface area contributed by atoms with Crippen LogP contribution in [0.1, 0.15) is 0 Å². The van der Waals surface area contributed by atoms with E-state index in [4.69, 9.17) is 9.47 Å². The van der Waals surface area contributed by atoms with Crippen molar-refractivity contribution in [3.05, 3.63) is 48.3 Å². The molecule has 1 N–H and O–H groups in total. The Kier molecular flexibility index (Phi) is 7.00.